The highest BCUT2D eigenvalue weighted by molar-refractivity contribution is 5.83. The fourth-order valence-corrected chi connectivity index (χ4v) is 3.87. The minimum Gasteiger partial charge on any atom is -0.361 e. The van der Waals surface area contributed by atoms with E-state index in [1.54, 1.807) is 38.1 Å². The van der Waals surface area contributed by atoms with Crippen LogP contribution in [0.1, 0.15) is 25.0 Å². The molecule has 4 atom stereocenters. The Balaban J connectivity index is 1.95. The highest BCUT2D eigenvalue weighted by Crippen LogP contribution is 2.35. The number of nitroso groups, excluding NO2 is 2. The summed E-state index contributed by atoms with van der Waals surface area (Å²) in [6, 6.07) is 18.1. The predicted molar refractivity (Wildman–Crippen MR) is 131 cm³/mol. The van der Waals surface area contributed by atoms with Gasteiger partial charge in [0.15, 0.2) is 18.0 Å². The Morgan fingerprint density at radius 1 is 0.784 bits per heavy atom. The first-order valence-corrected chi connectivity index (χ1v) is 11.5. The number of ether oxygens (including phenoxy) is 4. The van der Waals surface area contributed by atoms with Gasteiger partial charge in [0.2, 0.25) is 0 Å². The Morgan fingerprint density at radius 2 is 1.14 bits per heavy atom. The molecule has 0 unspecified atom stereocenters. The summed E-state index contributed by atoms with van der Waals surface area (Å²) in [5, 5.41) is 6.55. The first-order valence-electron chi connectivity index (χ1n) is 11.5. The van der Waals surface area contributed by atoms with Crippen LogP contribution < -0.4 is 0 Å². The van der Waals surface area contributed by atoms with Crippen molar-refractivity contribution < 1.29 is 28.5 Å². The van der Waals surface area contributed by atoms with E-state index in [-0.39, 0.29) is 13.2 Å². The van der Waals surface area contributed by atoms with Gasteiger partial charge in [-0.3, -0.25) is 9.59 Å². The van der Waals surface area contributed by atoms with Gasteiger partial charge < -0.3 is 18.9 Å². The summed E-state index contributed by atoms with van der Waals surface area (Å²) in [7, 11) is 2.37. The zero-order valence-electron chi connectivity index (χ0n) is 21.1. The van der Waals surface area contributed by atoms with E-state index in [2.05, 4.69) is 10.6 Å². The lowest BCUT2D eigenvalue weighted by molar-refractivity contribution is -0.175. The minimum absolute atomic E-state index is 0.00374. The van der Waals surface area contributed by atoms with Gasteiger partial charge in [-0.15, -0.1) is 9.81 Å². The molecule has 0 bridgehead atoms. The Morgan fingerprint density at radius 3 is 1.46 bits per heavy atom. The third-order valence-electron chi connectivity index (χ3n) is 5.67. The van der Waals surface area contributed by atoms with Gasteiger partial charge in [-0.2, -0.15) is 10.0 Å². The summed E-state index contributed by atoms with van der Waals surface area (Å²) in [5.74, 6) is -2.88. The first kappa shape index (κ1) is 28.0. The van der Waals surface area contributed by atoms with E-state index in [0.717, 1.165) is 11.1 Å². The number of nitrogens with zero attached hydrogens (tertiary/aromatic N) is 4. The first-order chi connectivity index (χ1) is 17.7. The molecule has 2 amide bonds. The molecule has 198 valence electrons. The van der Waals surface area contributed by atoms with Crippen molar-refractivity contribution in [1.82, 2.24) is 10.0 Å². The molecule has 2 aromatic rings. The van der Waals surface area contributed by atoms with Crippen LogP contribution in [0.5, 0.6) is 0 Å². The van der Waals surface area contributed by atoms with Gasteiger partial charge in [0, 0.05) is 14.1 Å². The number of benzene rings is 2. The molecule has 1 saturated heterocycles. The van der Waals surface area contributed by atoms with Crippen LogP contribution >= 0.6 is 0 Å². The molecule has 2 aromatic carbocycles. The lowest BCUT2D eigenvalue weighted by Gasteiger charge is -2.31. The minimum atomic E-state index is -1.40. The molecule has 0 aromatic heterocycles. The monoisotopic (exact) mass is 514 g/mol. The van der Waals surface area contributed by atoms with E-state index in [0.29, 0.717) is 10.0 Å². The smallest absolute Gasteiger partial charge is 0.276 e. The van der Waals surface area contributed by atoms with Gasteiger partial charge in [0.05, 0.1) is 23.8 Å². The fraction of sp³-hybridized carbons (Fsp3) is 0.440. The quantitative estimate of drug-likeness (QED) is 0.311. The van der Waals surface area contributed by atoms with E-state index in [4.69, 9.17) is 18.9 Å². The normalized spacial score (nSPS) is 20.0. The van der Waals surface area contributed by atoms with Crippen LogP contribution in [-0.4, -0.2) is 66.1 Å². The number of carbonyl (C=O) groups excluding carboxylic acids is 2. The van der Waals surface area contributed by atoms with Crippen molar-refractivity contribution in [2.45, 2.75) is 57.3 Å². The van der Waals surface area contributed by atoms with Gasteiger partial charge in [0.1, 0.15) is 12.2 Å². The summed E-state index contributed by atoms with van der Waals surface area (Å²) in [6.07, 6.45) is -5.22. The summed E-state index contributed by atoms with van der Waals surface area (Å²) >= 11 is 0. The number of amides is 2. The highest BCUT2D eigenvalue weighted by Gasteiger charge is 2.54. The number of likely N-dealkylation sites (N-methyl/N-ethyl adjacent to an activating group) is 2. The molecular weight excluding hydrogens is 484 g/mol. The molecule has 0 aliphatic carbocycles. The molecule has 12 nitrogen and oxygen atoms in total. The molecule has 1 fully saturated rings. The number of rotatable bonds is 12. The standard InChI is InChI=1S/C25H30N4O8/c1-25(2)36-19(21(23(30)28(3)26-32)34-15-17-11-7-5-8-12-17)20(37-25)22(24(31)29(4)27-33)35-16-18-13-9-6-10-14-18/h5-14,19-22H,15-16H2,1-4H3/t19-,20-,21-,22-/m1/s1. The van der Waals surface area contributed by atoms with E-state index < -0.39 is 42.0 Å². The SMILES string of the molecule is CN(N=O)C(=O)[C@H](OCc1ccccc1)[C@@H]1OC(C)(C)O[C@H]1[C@@H](OCc1ccccc1)C(=O)N(C)N=O. The molecular formula is C25H30N4O8. The molecule has 12 heteroatoms. The Kier molecular flexibility index (Phi) is 9.53. The van der Waals surface area contributed by atoms with Crippen molar-refractivity contribution in [3.05, 3.63) is 81.6 Å². The van der Waals surface area contributed by atoms with Crippen molar-refractivity contribution in [2.75, 3.05) is 14.1 Å². The Labute approximate surface area is 214 Å². The van der Waals surface area contributed by atoms with Gasteiger partial charge in [0.25, 0.3) is 11.8 Å². The van der Waals surface area contributed by atoms with Crippen molar-refractivity contribution in [2.24, 2.45) is 10.6 Å². The van der Waals surface area contributed by atoms with Crippen LogP contribution in [0.15, 0.2) is 71.2 Å². The summed E-state index contributed by atoms with van der Waals surface area (Å²) in [6.45, 7) is 3.19. The molecule has 0 saturated carbocycles. The van der Waals surface area contributed by atoms with E-state index in [9.17, 15) is 19.4 Å². The largest absolute Gasteiger partial charge is 0.361 e. The van der Waals surface area contributed by atoms with Crippen LogP contribution in [0.3, 0.4) is 0 Å². The molecule has 0 spiro atoms. The lowest BCUT2D eigenvalue weighted by atomic mass is 10.0. The third-order valence-corrected chi connectivity index (χ3v) is 5.67. The van der Waals surface area contributed by atoms with E-state index in [1.165, 1.54) is 14.1 Å². The average Bonchev–Trinajstić information content (AvgIpc) is 3.23. The van der Waals surface area contributed by atoms with Crippen molar-refractivity contribution in [3.63, 3.8) is 0 Å². The average molecular weight is 515 g/mol. The second kappa shape index (κ2) is 12.6. The van der Waals surface area contributed by atoms with Crippen LogP contribution in [0.2, 0.25) is 0 Å². The van der Waals surface area contributed by atoms with Crippen LogP contribution in [0, 0.1) is 9.81 Å². The lowest BCUT2D eigenvalue weighted by Crippen LogP contribution is -2.54. The Hall–Kier alpha value is -3.58. The van der Waals surface area contributed by atoms with Crippen LogP contribution in [0.4, 0.5) is 0 Å². The molecule has 1 aliphatic heterocycles. The molecule has 1 heterocycles. The maximum absolute atomic E-state index is 13.2. The summed E-state index contributed by atoms with van der Waals surface area (Å²) in [5.41, 5.74) is 1.52. The van der Waals surface area contributed by atoms with Crippen LogP contribution in [-0.2, 0) is 41.8 Å². The second-order valence-corrected chi connectivity index (χ2v) is 8.89. The predicted octanol–water partition coefficient (Wildman–Crippen LogP) is 2.96. The topological polar surface area (TPSA) is 136 Å². The van der Waals surface area contributed by atoms with Gasteiger partial charge in [-0.25, -0.2) is 0 Å². The van der Waals surface area contributed by atoms with Crippen molar-refractivity contribution in [1.29, 1.82) is 0 Å². The van der Waals surface area contributed by atoms with E-state index in [1.807, 2.05) is 36.4 Å². The number of carbonyl (C=O) groups is 2. The third kappa shape index (κ3) is 7.23. The fourth-order valence-electron chi connectivity index (χ4n) is 3.87. The highest BCUT2D eigenvalue weighted by atomic mass is 16.8. The van der Waals surface area contributed by atoms with E-state index >= 15 is 0 Å². The number of hydrogen-bond donors (Lipinski definition) is 0. The second-order valence-electron chi connectivity index (χ2n) is 8.89. The zero-order chi connectivity index (χ0) is 27.0. The van der Waals surface area contributed by atoms with Gasteiger partial charge in [-0.1, -0.05) is 60.7 Å². The molecule has 37 heavy (non-hydrogen) atoms. The summed E-state index contributed by atoms with van der Waals surface area (Å²) in [4.78, 5) is 48.7. The maximum Gasteiger partial charge on any atom is 0.276 e. The molecule has 1 aliphatic rings. The molecule has 3 rings (SSSR count). The van der Waals surface area contributed by atoms with Crippen molar-refractivity contribution in [3.8, 4) is 0 Å². The van der Waals surface area contributed by atoms with Crippen LogP contribution in [0.25, 0.3) is 0 Å². The van der Waals surface area contributed by atoms with Gasteiger partial charge >= 0.3 is 0 Å². The van der Waals surface area contributed by atoms with Crippen molar-refractivity contribution >= 4 is 11.8 Å². The Bertz CT molecular complexity index is 985. The summed E-state index contributed by atoms with van der Waals surface area (Å²) < 4.78 is 23.9. The molecule has 0 radical (unpaired) electrons. The molecule has 0 N–H and O–H groups in total. The maximum atomic E-state index is 13.2. The zero-order valence-corrected chi connectivity index (χ0v) is 21.1. The van der Waals surface area contributed by atoms with Gasteiger partial charge in [-0.05, 0) is 25.0 Å². The number of hydrogen-bond acceptors (Lipinski definition) is 10.